The molecule has 63 heavy (non-hydrogen) atoms. The van der Waals surface area contributed by atoms with E-state index in [4.69, 9.17) is 14.2 Å². The van der Waals surface area contributed by atoms with E-state index in [-0.39, 0.29) is 27.6 Å². The minimum absolute atomic E-state index is 0.118. The lowest BCUT2D eigenvalue weighted by Crippen LogP contribution is -2.39. The molecule has 2 N–H and O–H groups in total. The first kappa shape index (κ1) is 46.2. The number of aromatic carboxylic acids is 1. The molecule has 0 saturated heterocycles. The van der Waals surface area contributed by atoms with Crippen LogP contribution in [0.25, 0.3) is 33.0 Å². The Hall–Kier alpha value is -6.35. The number of esters is 1. The van der Waals surface area contributed by atoms with Gasteiger partial charge in [0.05, 0.1) is 34.2 Å². The molecule has 2 aliphatic heterocycles. The lowest BCUT2D eigenvalue weighted by Gasteiger charge is -2.30. The Morgan fingerprint density at radius 3 is 1.70 bits per heavy atom. The molecule has 0 aliphatic carbocycles. The first-order valence-electron chi connectivity index (χ1n) is 20.7. The van der Waals surface area contributed by atoms with Gasteiger partial charge in [0.1, 0.15) is 11.2 Å². The number of nitrogens with zero attached hydrogens (tertiary/aromatic N) is 3. The van der Waals surface area contributed by atoms with Crippen molar-refractivity contribution in [2.75, 3.05) is 33.3 Å². The molecule has 0 bridgehead atoms. The molecule has 4 heterocycles. The summed E-state index contributed by atoms with van der Waals surface area (Å²) in [7, 11) is -2.76. The van der Waals surface area contributed by atoms with Gasteiger partial charge in [-0.2, -0.15) is 0 Å². The van der Waals surface area contributed by atoms with Crippen LogP contribution in [-0.4, -0.2) is 101 Å². The second kappa shape index (κ2) is 17.8. The Bertz CT molecular complexity index is 2780. The largest absolute Gasteiger partial charge is 0.478 e. The van der Waals surface area contributed by atoms with Crippen molar-refractivity contribution < 1.29 is 46.9 Å². The highest BCUT2D eigenvalue weighted by atomic mass is 32.2. The lowest BCUT2D eigenvalue weighted by molar-refractivity contribution is 0.0262. The van der Waals surface area contributed by atoms with Crippen LogP contribution in [0.4, 0.5) is 9.59 Å². The van der Waals surface area contributed by atoms with Crippen LogP contribution in [0.2, 0.25) is 0 Å². The van der Waals surface area contributed by atoms with Crippen LogP contribution in [0.3, 0.4) is 0 Å². The standard InChI is InChI=1S/C28H32N2O6S.C20H24N2O4/c1-18-9-11-21(12-10-18)37(33,34)30-19(2)16-24-22(13-14-23(25(24)30)26(31)35-6)20-8-7-15-29(17-20)27(32)36-28(3,4)5;1-12-10-16-14(7-8-15(18(23)24)17(16)21-12)13-6-5-9-22(11-13)19(25)26-20(2,3)4/h8-14,16H,7,15,17H2,1-6H3;6-8,10,21H,5,9,11H2,1-4H3,(H,23,24). The van der Waals surface area contributed by atoms with Gasteiger partial charge in [0.15, 0.2) is 0 Å². The molecule has 2 amide bonds. The van der Waals surface area contributed by atoms with Crippen LogP contribution in [0.5, 0.6) is 0 Å². The number of carboxylic acids is 1. The van der Waals surface area contributed by atoms with E-state index >= 15 is 0 Å². The van der Waals surface area contributed by atoms with Crippen molar-refractivity contribution in [2.45, 2.75) is 91.3 Å². The van der Waals surface area contributed by atoms with Crippen molar-refractivity contribution in [3.05, 3.63) is 112 Å². The first-order valence-corrected chi connectivity index (χ1v) is 22.2. The molecule has 334 valence electrons. The molecule has 15 heteroatoms. The second-order valence-corrected chi connectivity index (χ2v) is 19.6. The zero-order valence-corrected chi connectivity index (χ0v) is 38.4. The highest BCUT2D eigenvalue weighted by Gasteiger charge is 2.30. The normalized spacial score (nSPS) is 14.7. The maximum absolute atomic E-state index is 13.8. The van der Waals surface area contributed by atoms with Crippen LogP contribution in [0.15, 0.2) is 77.7 Å². The maximum Gasteiger partial charge on any atom is 0.410 e. The number of aryl methyl sites for hydroxylation is 3. The second-order valence-electron chi connectivity index (χ2n) is 17.8. The van der Waals surface area contributed by atoms with Gasteiger partial charge < -0.3 is 34.1 Å². The van der Waals surface area contributed by atoms with Crippen molar-refractivity contribution in [3.63, 3.8) is 0 Å². The number of fused-ring (bicyclic) bond motifs is 2. The number of carboxylic acid groups (broad SMARTS) is 1. The van der Waals surface area contributed by atoms with Crippen molar-refractivity contribution in [3.8, 4) is 0 Å². The van der Waals surface area contributed by atoms with Crippen molar-refractivity contribution in [1.29, 1.82) is 0 Å². The molecular weight excluding hydrogens is 825 g/mol. The minimum Gasteiger partial charge on any atom is -0.478 e. The average molecular weight is 881 g/mol. The van der Waals surface area contributed by atoms with E-state index in [0.29, 0.717) is 49.2 Å². The molecule has 0 spiro atoms. The summed E-state index contributed by atoms with van der Waals surface area (Å²) in [4.78, 5) is 55.9. The predicted molar refractivity (Wildman–Crippen MR) is 243 cm³/mol. The molecule has 2 aliphatic rings. The number of carbonyl (C=O) groups excluding carboxylic acids is 3. The van der Waals surface area contributed by atoms with E-state index in [0.717, 1.165) is 45.3 Å². The molecule has 0 atom stereocenters. The van der Waals surface area contributed by atoms with E-state index in [1.165, 1.54) is 11.1 Å². The third-order valence-electron chi connectivity index (χ3n) is 10.5. The topological polar surface area (TPSA) is 178 Å². The highest BCUT2D eigenvalue weighted by molar-refractivity contribution is 7.90. The van der Waals surface area contributed by atoms with E-state index < -0.39 is 39.3 Å². The van der Waals surface area contributed by atoms with Crippen LogP contribution in [0.1, 0.15) is 103 Å². The molecule has 0 saturated carbocycles. The van der Waals surface area contributed by atoms with Gasteiger partial charge in [0.2, 0.25) is 0 Å². The molecule has 7 rings (SSSR count). The number of carbonyl (C=O) groups is 4. The number of aromatic nitrogens is 2. The lowest BCUT2D eigenvalue weighted by atomic mass is 9.96. The van der Waals surface area contributed by atoms with Crippen LogP contribution in [0, 0.1) is 20.8 Å². The van der Waals surface area contributed by atoms with Crippen molar-refractivity contribution in [1.82, 2.24) is 18.8 Å². The summed E-state index contributed by atoms with van der Waals surface area (Å²) in [5.74, 6) is -1.60. The molecule has 5 aromatic rings. The van der Waals surface area contributed by atoms with Gasteiger partial charge in [-0.05, 0) is 134 Å². The van der Waals surface area contributed by atoms with Crippen molar-refractivity contribution >= 4 is 67.1 Å². The molecule has 0 unspecified atom stereocenters. The van der Waals surface area contributed by atoms with Crippen LogP contribution in [-0.2, 0) is 24.2 Å². The molecule has 2 aromatic heterocycles. The van der Waals surface area contributed by atoms with E-state index in [1.54, 1.807) is 65.3 Å². The number of rotatable bonds is 6. The monoisotopic (exact) mass is 880 g/mol. The predicted octanol–water partition coefficient (Wildman–Crippen LogP) is 9.50. The third-order valence-corrected chi connectivity index (χ3v) is 12.3. The maximum atomic E-state index is 13.8. The van der Waals surface area contributed by atoms with Crippen LogP contribution < -0.4 is 0 Å². The molecule has 14 nitrogen and oxygen atoms in total. The SMILES string of the molecule is COC(=O)c1ccc(C2=CCCN(C(=O)OC(C)(C)C)C2)c2cc(C)n(S(=O)(=O)c3ccc(C)cc3)c12.Cc1cc2c(C3=CCCN(C(=O)OC(C)(C)C)C3)ccc(C(=O)O)c2[nH]1. The van der Waals surface area contributed by atoms with E-state index in [9.17, 15) is 32.7 Å². The number of methoxy groups -OCH3 is 1. The minimum atomic E-state index is -4.02. The fraction of sp³-hybridized carbons (Fsp3) is 0.375. The fourth-order valence-electron chi connectivity index (χ4n) is 7.75. The number of aromatic amines is 1. The number of benzene rings is 3. The van der Waals surface area contributed by atoms with E-state index in [2.05, 4.69) is 11.1 Å². The number of H-pyrrole nitrogens is 1. The Balaban J connectivity index is 0.000000223. The number of ether oxygens (including phenoxy) is 3. The summed E-state index contributed by atoms with van der Waals surface area (Å²) in [5, 5.41) is 10.9. The summed E-state index contributed by atoms with van der Waals surface area (Å²) in [6.07, 6.45) is 4.77. The zero-order valence-electron chi connectivity index (χ0n) is 37.5. The van der Waals surface area contributed by atoms with Gasteiger partial charge >= 0.3 is 24.1 Å². The van der Waals surface area contributed by atoms with Gasteiger partial charge in [0, 0.05) is 48.3 Å². The molecular formula is C48H56N4O10S. The van der Waals surface area contributed by atoms with Gasteiger partial charge in [-0.1, -0.05) is 42.0 Å². The Labute approximate surface area is 368 Å². The highest BCUT2D eigenvalue weighted by Crippen LogP contribution is 2.36. The van der Waals surface area contributed by atoms with Crippen LogP contribution >= 0.6 is 0 Å². The smallest absolute Gasteiger partial charge is 0.410 e. The Morgan fingerprint density at radius 2 is 1.21 bits per heavy atom. The van der Waals surface area contributed by atoms with Gasteiger partial charge in [-0.25, -0.2) is 31.6 Å². The average Bonchev–Trinajstić information content (AvgIpc) is 3.78. The number of hydrogen-bond acceptors (Lipinski definition) is 9. The summed E-state index contributed by atoms with van der Waals surface area (Å²) in [6.45, 7) is 18.4. The first-order chi connectivity index (χ1) is 29.5. The Morgan fingerprint density at radius 1 is 0.698 bits per heavy atom. The molecule has 0 fully saturated rings. The number of amides is 2. The molecule has 3 aromatic carbocycles. The summed E-state index contributed by atoms with van der Waals surface area (Å²) in [6, 6.07) is 17.1. The Kier molecular flexibility index (Phi) is 13.0. The quantitative estimate of drug-likeness (QED) is 0.123. The van der Waals surface area contributed by atoms with Gasteiger partial charge in [-0.15, -0.1) is 0 Å². The summed E-state index contributed by atoms with van der Waals surface area (Å²) in [5.41, 5.74) is 5.93. The number of nitrogens with one attached hydrogen (secondary N) is 1. The van der Waals surface area contributed by atoms with Crippen molar-refractivity contribution in [2.24, 2.45) is 0 Å². The van der Waals surface area contributed by atoms with Gasteiger partial charge in [-0.3, -0.25) is 0 Å². The van der Waals surface area contributed by atoms with Gasteiger partial charge in [0.25, 0.3) is 10.0 Å². The summed E-state index contributed by atoms with van der Waals surface area (Å²) < 4.78 is 44.8. The fourth-order valence-corrected chi connectivity index (χ4v) is 9.31. The zero-order chi connectivity index (χ0) is 46.2. The summed E-state index contributed by atoms with van der Waals surface area (Å²) >= 11 is 0. The molecule has 0 radical (unpaired) electrons. The number of hydrogen-bond donors (Lipinski definition) is 2. The van der Waals surface area contributed by atoms with E-state index in [1.807, 2.05) is 73.6 Å². The third kappa shape index (κ3) is 10.1.